The summed E-state index contributed by atoms with van der Waals surface area (Å²) in [6.45, 7) is 3.84. The number of phenolic OH excluding ortho intramolecular Hbond substituents is 2. The molecule has 1 aromatic rings. The molecule has 2 N–H and O–H groups in total. The molecule has 0 aliphatic carbocycles. The van der Waals surface area contributed by atoms with Gasteiger partial charge in [-0.05, 0) is 41.5 Å². The molecule has 0 unspecified atom stereocenters. The van der Waals surface area contributed by atoms with Gasteiger partial charge in [0.2, 0.25) is 0 Å². The summed E-state index contributed by atoms with van der Waals surface area (Å²) >= 11 is 0.615. The number of nitrogens with zero attached hydrogens (tertiary/aromatic N) is 1. The maximum atomic E-state index is 12.8. The van der Waals surface area contributed by atoms with Crippen LogP contribution in [0, 0.1) is 5.92 Å². The largest absolute Gasteiger partial charge is 0.504 e. The molecule has 0 atom stereocenters. The normalized spacial score (nSPS) is 17.4. The van der Waals surface area contributed by atoms with Crippen molar-refractivity contribution in [2.45, 2.75) is 20.0 Å². The number of benzene rings is 1. The van der Waals surface area contributed by atoms with Gasteiger partial charge in [0.25, 0.3) is 11.1 Å². The molecule has 1 aromatic carbocycles. The van der Waals surface area contributed by atoms with Crippen LogP contribution < -0.4 is 0 Å². The van der Waals surface area contributed by atoms with Crippen LogP contribution in [0.2, 0.25) is 0 Å². The Kier molecular flexibility index (Phi) is 4.84. The first-order valence-corrected chi connectivity index (χ1v) is 7.71. The highest BCUT2D eigenvalue weighted by Gasteiger charge is 2.37. The lowest BCUT2D eigenvalue weighted by atomic mass is 10.1. The summed E-state index contributed by atoms with van der Waals surface area (Å²) in [6, 6.07) is 1.49. The summed E-state index contributed by atoms with van der Waals surface area (Å²) < 4.78 is 38.5. The maximum absolute atomic E-state index is 12.8. The molecular weight excluding hydrogens is 347 g/mol. The second-order valence-electron chi connectivity index (χ2n) is 5.62. The number of phenols is 2. The summed E-state index contributed by atoms with van der Waals surface area (Å²) in [5, 5.41) is 18.3. The third-order valence-electron chi connectivity index (χ3n) is 3.14. The first-order valence-electron chi connectivity index (χ1n) is 6.89. The van der Waals surface area contributed by atoms with Crippen LogP contribution in [0.4, 0.5) is 18.0 Å². The maximum Gasteiger partial charge on any atom is 0.420 e. The van der Waals surface area contributed by atoms with Crippen molar-refractivity contribution in [1.82, 2.24) is 4.90 Å². The van der Waals surface area contributed by atoms with Gasteiger partial charge in [-0.3, -0.25) is 14.5 Å². The van der Waals surface area contributed by atoms with Crippen LogP contribution in [0.3, 0.4) is 0 Å². The minimum Gasteiger partial charge on any atom is -0.504 e. The highest BCUT2D eigenvalue weighted by Crippen LogP contribution is 2.42. The average Bonchev–Trinajstić information content (AvgIpc) is 2.68. The zero-order valence-electron chi connectivity index (χ0n) is 12.7. The van der Waals surface area contributed by atoms with Crippen molar-refractivity contribution in [3.8, 4) is 11.5 Å². The Balaban J connectivity index is 2.40. The molecule has 0 bridgehead atoms. The number of carbonyl (C=O) groups excluding carboxylic acids is 2. The van der Waals surface area contributed by atoms with E-state index < -0.39 is 34.4 Å². The Morgan fingerprint density at radius 1 is 1.25 bits per heavy atom. The summed E-state index contributed by atoms with van der Waals surface area (Å²) in [5.41, 5.74) is -1.57. The van der Waals surface area contributed by atoms with Crippen LogP contribution >= 0.6 is 11.8 Å². The van der Waals surface area contributed by atoms with E-state index in [0.29, 0.717) is 17.8 Å². The van der Waals surface area contributed by atoms with Crippen LogP contribution in [0.5, 0.6) is 11.5 Å². The van der Waals surface area contributed by atoms with E-state index in [2.05, 4.69) is 0 Å². The molecule has 1 aliphatic heterocycles. The molecule has 1 fully saturated rings. The monoisotopic (exact) mass is 361 g/mol. The number of rotatable bonds is 3. The van der Waals surface area contributed by atoms with Crippen LogP contribution in [0.25, 0.3) is 6.08 Å². The highest BCUT2D eigenvalue weighted by molar-refractivity contribution is 8.18. The minimum absolute atomic E-state index is 0.0427. The molecule has 24 heavy (non-hydrogen) atoms. The van der Waals surface area contributed by atoms with Gasteiger partial charge >= 0.3 is 6.18 Å². The zero-order valence-corrected chi connectivity index (χ0v) is 13.5. The fraction of sp³-hybridized carbons (Fsp3) is 0.333. The van der Waals surface area contributed by atoms with E-state index in [9.17, 15) is 33.0 Å². The highest BCUT2D eigenvalue weighted by atomic mass is 32.2. The van der Waals surface area contributed by atoms with E-state index >= 15 is 0 Å². The van der Waals surface area contributed by atoms with Crippen molar-refractivity contribution in [3.05, 3.63) is 28.2 Å². The molecule has 0 aromatic heterocycles. The quantitative estimate of drug-likeness (QED) is 0.632. The Labute approximate surface area is 139 Å². The topological polar surface area (TPSA) is 77.8 Å². The molecule has 0 spiro atoms. The predicted octanol–water partition coefficient (Wildman–Crippen LogP) is 3.81. The molecular formula is C15H14F3NO4S. The standard InChI is InChI=1S/C15H14F3NO4S/c1-7(2)6-19-13(22)11(24-14(19)23)5-8-3-9(15(16,17)18)12(21)10(20)4-8/h3-5,7,20-21H,6H2,1-2H3. The van der Waals surface area contributed by atoms with Crippen LogP contribution in [-0.4, -0.2) is 32.8 Å². The van der Waals surface area contributed by atoms with Gasteiger partial charge in [0.05, 0.1) is 4.91 Å². The molecule has 1 heterocycles. The van der Waals surface area contributed by atoms with Gasteiger partial charge in [0, 0.05) is 6.54 Å². The lowest BCUT2D eigenvalue weighted by Crippen LogP contribution is -2.31. The van der Waals surface area contributed by atoms with E-state index in [1.807, 2.05) is 13.8 Å². The van der Waals surface area contributed by atoms with Crippen LogP contribution in [0.1, 0.15) is 25.0 Å². The van der Waals surface area contributed by atoms with E-state index in [4.69, 9.17) is 0 Å². The molecule has 130 valence electrons. The molecule has 2 amide bonds. The summed E-state index contributed by atoms with van der Waals surface area (Å²) in [7, 11) is 0. The first-order chi connectivity index (χ1) is 11.0. The second-order valence-corrected chi connectivity index (χ2v) is 6.61. The molecule has 2 rings (SSSR count). The molecule has 0 saturated carbocycles. The molecule has 1 aliphatic rings. The molecule has 5 nitrogen and oxygen atoms in total. The number of amides is 2. The van der Waals surface area contributed by atoms with Crippen molar-refractivity contribution in [1.29, 1.82) is 0 Å². The van der Waals surface area contributed by atoms with Gasteiger partial charge in [-0.25, -0.2) is 0 Å². The van der Waals surface area contributed by atoms with Gasteiger partial charge in [-0.1, -0.05) is 13.8 Å². The van der Waals surface area contributed by atoms with Crippen molar-refractivity contribution < 1.29 is 33.0 Å². The van der Waals surface area contributed by atoms with Gasteiger partial charge in [0.15, 0.2) is 11.5 Å². The Bertz CT molecular complexity index is 728. The van der Waals surface area contributed by atoms with E-state index in [-0.39, 0.29) is 22.9 Å². The van der Waals surface area contributed by atoms with Gasteiger partial charge < -0.3 is 10.2 Å². The van der Waals surface area contributed by atoms with E-state index in [1.54, 1.807) is 0 Å². The SMILES string of the molecule is CC(C)CN1C(=O)SC(=Cc2cc(O)c(O)c(C(F)(F)F)c2)C1=O. The number of hydrogen-bond acceptors (Lipinski definition) is 5. The van der Waals surface area contributed by atoms with Crippen LogP contribution in [-0.2, 0) is 11.0 Å². The Morgan fingerprint density at radius 3 is 2.42 bits per heavy atom. The van der Waals surface area contributed by atoms with E-state index in [0.717, 1.165) is 17.0 Å². The van der Waals surface area contributed by atoms with Gasteiger partial charge in [0.1, 0.15) is 5.56 Å². The number of imide groups is 1. The number of alkyl halides is 3. The number of carbonyl (C=O) groups is 2. The van der Waals surface area contributed by atoms with Crippen molar-refractivity contribution in [2.75, 3.05) is 6.54 Å². The minimum atomic E-state index is -4.87. The summed E-state index contributed by atoms with van der Waals surface area (Å²) in [6.07, 6.45) is -3.79. The zero-order chi connectivity index (χ0) is 18.2. The summed E-state index contributed by atoms with van der Waals surface area (Å²) in [5.74, 6) is -2.79. The van der Waals surface area contributed by atoms with Crippen molar-refractivity contribution >= 4 is 29.0 Å². The van der Waals surface area contributed by atoms with Gasteiger partial charge in [-0.15, -0.1) is 0 Å². The number of aromatic hydroxyl groups is 2. The lowest BCUT2D eigenvalue weighted by molar-refractivity contribution is -0.139. The fourth-order valence-corrected chi connectivity index (χ4v) is 2.96. The molecule has 1 saturated heterocycles. The summed E-state index contributed by atoms with van der Waals surface area (Å²) in [4.78, 5) is 25.0. The number of halogens is 3. The number of hydrogen-bond donors (Lipinski definition) is 2. The number of thioether (sulfide) groups is 1. The van der Waals surface area contributed by atoms with Crippen LogP contribution in [0.15, 0.2) is 17.0 Å². The third kappa shape index (κ3) is 3.66. The van der Waals surface area contributed by atoms with E-state index in [1.165, 1.54) is 0 Å². The van der Waals surface area contributed by atoms with Crippen molar-refractivity contribution in [3.63, 3.8) is 0 Å². The smallest absolute Gasteiger partial charge is 0.420 e. The van der Waals surface area contributed by atoms with Gasteiger partial charge in [-0.2, -0.15) is 13.2 Å². The predicted molar refractivity (Wildman–Crippen MR) is 82.3 cm³/mol. The second kappa shape index (κ2) is 6.39. The third-order valence-corrected chi connectivity index (χ3v) is 4.04. The Hall–Kier alpha value is -2.16. The first kappa shape index (κ1) is 18.2. The average molecular weight is 361 g/mol. The Morgan fingerprint density at radius 2 is 1.88 bits per heavy atom. The fourth-order valence-electron chi connectivity index (χ4n) is 2.11. The molecule has 0 radical (unpaired) electrons. The van der Waals surface area contributed by atoms with Crippen molar-refractivity contribution in [2.24, 2.45) is 5.92 Å². The molecule has 9 heteroatoms. The lowest BCUT2D eigenvalue weighted by Gasteiger charge is -2.14.